The zero-order valence-electron chi connectivity index (χ0n) is 8.90. The van der Waals surface area contributed by atoms with Crippen LogP contribution in [0.3, 0.4) is 0 Å². The van der Waals surface area contributed by atoms with Crippen LogP contribution < -0.4 is 5.32 Å². The van der Waals surface area contributed by atoms with Gasteiger partial charge in [0.25, 0.3) is 0 Å². The Hall–Kier alpha value is -1.91. The molecule has 2 rings (SSSR count). The van der Waals surface area contributed by atoms with Crippen LogP contribution in [0.2, 0.25) is 0 Å². The van der Waals surface area contributed by atoms with Gasteiger partial charge in [-0.2, -0.15) is 0 Å². The van der Waals surface area contributed by atoms with Gasteiger partial charge in [0, 0.05) is 17.8 Å². The fourth-order valence-corrected chi connectivity index (χ4v) is 1.31. The number of nitrogens with zero attached hydrogens (tertiary/aromatic N) is 1. The SMILES string of the molecule is COC(=O)c1cc(NC(=O)C2CC2)ccn1. The number of nitrogens with one attached hydrogen (secondary N) is 1. The third kappa shape index (κ3) is 2.36. The number of methoxy groups -OCH3 is 1. The molecule has 5 nitrogen and oxygen atoms in total. The van der Waals surface area contributed by atoms with Gasteiger partial charge < -0.3 is 10.1 Å². The van der Waals surface area contributed by atoms with Gasteiger partial charge in [0.1, 0.15) is 5.69 Å². The molecule has 1 aromatic rings. The first-order chi connectivity index (χ1) is 7.70. The number of rotatable bonds is 3. The number of hydrogen-bond donors (Lipinski definition) is 1. The van der Waals surface area contributed by atoms with Crippen LogP contribution in [-0.4, -0.2) is 24.0 Å². The number of aromatic nitrogens is 1. The van der Waals surface area contributed by atoms with Crippen molar-refractivity contribution in [1.82, 2.24) is 4.98 Å². The summed E-state index contributed by atoms with van der Waals surface area (Å²) < 4.78 is 4.54. The minimum Gasteiger partial charge on any atom is -0.464 e. The van der Waals surface area contributed by atoms with Crippen molar-refractivity contribution in [1.29, 1.82) is 0 Å². The highest BCUT2D eigenvalue weighted by molar-refractivity contribution is 5.95. The van der Waals surface area contributed by atoms with Crippen LogP contribution in [0.4, 0.5) is 5.69 Å². The molecule has 1 fully saturated rings. The summed E-state index contributed by atoms with van der Waals surface area (Å²) in [5.41, 5.74) is 0.767. The molecule has 1 aliphatic rings. The minimum absolute atomic E-state index is 0.00187. The summed E-state index contributed by atoms with van der Waals surface area (Å²) in [7, 11) is 1.29. The molecule has 84 valence electrons. The fourth-order valence-electron chi connectivity index (χ4n) is 1.31. The number of carbonyl (C=O) groups is 2. The molecule has 5 heteroatoms. The third-order valence-corrected chi connectivity index (χ3v) is 2.37. The zero-order chi connectivity index (χ0) is 11.5. The van der Waals surface area contributed by atoms with Gasteiger partial charge in [0.2, 0.25) is 5.91 Å². The second kappa shape index (κ2) is 4.30. The number of amides is 1. The van der Waals surface area contributed by atoms with Gasteiger partial charge in [-0.25, -0.2) is 9.78 Å². The van der Waals surface area contributed by atoms with Crippen molar-refractivity contribution in [3.8, 4) is 0 Å². The Morgan fingerprint density at radius 1 is 1.50 bits per heavy atom. The predicted octanol–water partition coefficient (Wildman–Crippen LogP) is 1.22. The van der Waals surface area contributed by atoms with E-state index in [2.05, 4.69) is 15.0 Å². The van der Waals surface area contributed by atoms with Crippen molar-refractivity contribution < 1.29 is 14.3 Å². The third-order valence-electron chi connectivity index (χ3n) is 2.37. The summed E-state index contributed by atoms with van der Waals surface area (Å²) >= 11 is 0. The van der Waals surface area contributed by atoms with Crippen LogP contribution >= 0.6 is 0 Å². The molecule has 0 bridgehead atoms. The number of hydrogen-bond acceptors (Lipinski definition) is 4. The molecule has 1 aromatic heterocycles. The first kappa shape index (κ1) is 10.6. The van der Waals surface area contributed by atoms with E-state index in [0.29, 0.717) is 5.69 Å². The molecule has 16 heavy (non-hydrogen) atoms. The lowest BCUT2D eigenvalue weighted by Crippen LogP contribution is -2.14. The highest BCUT2D eigenvalue weighted by atomic mass is 16.5. The van der Waals surface area contributed by atoms with E-state index in [1.807, 2.05) is 0 Å². The van der Waals surface area contributed by atoms with Crippen molar-refractivity contribution in [2.45, 2.75) is 12.8 Å². The fraction of sp³-hybridized carbons (Fsp3) is 0.364. The van der Waals surface area contributed by atoms with Gasteiger partial charge in [0.05, 0.1) is 7.11 Å². The first-order valence-electron chi connectivity index (χ1n) is 5.06. The molecule has 0 aliphatic heterocycles. The van der Waals surface area contributed by atoms with E-state index in [1.165, 1.54) is 19.4 Å². The Kier molecular flexibility index (Phi) is 2.85. The van der Waals surface area contributed by atoms with Crippen LogP contribution in [0.15, 0.2) is 18.3 Å². The first-order valence-corrected chi connectivity index (χ1v) is 5.06. The Morgan fingerprint density at radius 2 is 2.25 bits per heavy atom. The molecule has 1 N–H and O–H groups in total. The molecule has 1 saturated carbocycles. The Morgan fingerprint density at radius 3 is 2.88 bits per heavy atom. The molecule has 0 radical (unpaired) electrons. The quantitative estimate of drug-likeness (QED) is 0.777. The van der Waals surface area contributed by atoms with Crippen LogP contribution in [0, 0.1) is 5.92 Å². The number of ether oxygens (including phenoxy) is 1. The maximum Gasteiger partial charge on any atom is 0.356 e. The van der Waals surface area contributed by atoms with Gasteiger partial charge in [0.15, 0.2) is 0 Å². The lowest BCUT2D eigenvalue weighted by atomic mass is 10.3. The summed E-state index contributed by atoms with van der Waals surface area (Å²) in [5, 5.41) is 2.74. The molecule has 1 amide bonds. The lowest BCUT2D eigenvalue weighted by Gasteiger charge is -2.04. The summed E-state index contributed by atoms with van der Waals surface area (Å²) in [6.45, 7) is 0. The van der Waals surface area contributed by atoms with Crippen molar-refractivity contribution >= 4 is 17.6 Å². The Labute approximate surface area is 92.8 Å². The van der Waals surface area contributed by atoms with Crippen LogP contribution in [-0.2, 0) is 9.53 Å². The molecular formula is C11H12N2O3. The van der Waals surface area contributed by atoms with E-state index >= 15 is 0 Å². The zero-order valence-corrected chi connectivity index (χ0v) is 8.90. The smallest absolute Gasteiger partial charge is 0.356 e. The topological polar surface area (TPSA) is 68.3 Å². The van der Waals surface area contributed by atoms with E-state index in [1.54, 1.807) is 6.07 Å². The van der Waals surface area contributed by atoms with Crippen molar-refractivity contribution in [2.75, 3.05) is 12.4 Å². The van der Waals surface area contributed by atoms with E-state index in [4.69, 9.17) is 0 Å². The van der Waals surface area contributed by atoms with Crippen LogP contribution in [0.1, 0.15) is 23.3 Å². The normalized spacial score (nSPS) is 14.3. The van der Waals surface area contributed by atoms with E-state index in [9.17, 15) is 9.59 Å². The number of carbonyl (C=O) groups excluding carboxylic acids is 2. The average molecular weight is 220 g/mol. The van der Waals surface area contributed by atoms with Gasteiger partial charge in [-0.3, -0.25) is 4.79 Å². The summed E-state index contributed by atoms with van der Waals surface area (Å²) in [4.78, 5) is 26.5. The average Bonchev–Trinajstić information content (AvgIpc) is 3.12. The van der Waals surface area contributed by atoms with Gasteiger partial charge in [-0.05, 0) is 25.0 Å². The van der Waals surface area contributed by atoms with Crippen LogP contribution in [0.25, 0.3) is 0 Å². The molecule has 0 spiro atoms. The van der Waals surface area contributed by atoms with Crippen molar-refractivity contribution in [2.24, 2.45) is 5.92 Å². The number of pyridine rings is 1. The Balaban J connectivity index is 2.09. The van der Waals surface area contributed by atoms with Gasteiger partial charge >= 0.3 is 5.97 Å². The summed E-state index contributed by atoms with van der Waals surface area (Å²) in [5.74, 6) is -0.376. The van der Waals surface area contributed by atoms with E-state index < -0.39 is 5.97 Å². The summed E-state index contributed by atoms with van der Waals surface area (Å²) in [6, 6.07) is 3.15. The molecule has 1 heterocycles. The number of anilines is 1. The maximum atomic E-state index is 11.5. The van der Waals surface area contributed by atoms with E-state index in [-0.39, 0.29) is 17.5 Å². The highest BCUT2D eigenvalue weighted by Gasteiger charge is 2.29. The Bertz CT molecular complexity index is 427. The summed E-state index contributed by atoms with van der Waals surface area (Å²) in [6.07, 6.45) is 3.36. The van der Waals surface area contributed by atoms with Gasteiger partial charge in [-0.15, -0.1) is 0 Å². The molecule has 0 unspecified atom stereocenters. The monoisotopic (exact) mass is 220 g/mol. The van der Waals surface area contributed by atoms with Gasteiger partial charge in [-0.1, -0.05) is 0 Å². The van der Waals surface area contributed by atoms with E-state index in [0.717, 1.165) is 12.8 Å². The maximum absolute atomic E-state index is 11.5. The molecular weight excluding hydrogens is 208 g/mol. The molecule has 1 aliphatic carbocycles. The van der Waals surface area contributed by atoms with Crippen molar-refractivity contribution in [3.05, 3.63) is 24.0 Å². The molecule has 0 atom stereocenters. The predicted molar refractivity (Wildman–Crippen MR) is 56.9 cm³/mol. The second-order valence-corrected chi connectivity index (χ2v) is 3.68. The minimum atomic E-state index is -0.512. The second-order valence-electron chi connectivity index (χ2n) is 3.68. The molecule has 0 saturated heterocycles. The number of esters is 1. The standard InChI is InChI=1S/C11H12N2O3/c1-16-11(15)9-6-8(4-5-12-9)13-10(14)7-2-3-7/h4-7H,2-3H2,1H3,(H,12,13,14). The highest BCUT2D eigenvalue weighted by Crippen LogP contribution is 2.30. The van der Waals surface area contributed by atoms with Crippen molar-refractivity contribution in [3.63, 3.8) is 0 Å². The largest absolute Gasteiger partial charge is 0.464 e. The lowest BCUT2D eigenvalue weighted by molar-refractivity contribution is -0.117. The molecule has 0 aromatic carbocycles. The van der Waals surface area contributed by atoms with Crippen LogP contribution in [0.5, 0.6) is 0 Å².